The second kappa shape index (κ2) is 7.61. The van der Waals surface area contributed by atoms with Gasteiger partial charge in [-0.2, -0.15) is 13.2 Å². The highest BCUT2D eigenvalue weighted by Gasteiger charge is 2.51. The van der Waals surface area contributed by atoms with Crippen molar-refractivity contribution in [2.75, 3.05) is 13.1 Å². The van der Waals surface area contributed by atoms with E-state index in [0.29, 0.717) is 13.5 Å². The largest absolute Gasteiger partial charge is 0.421 e. The van der Waals surface area contributed by atoms with E-state index in [-0.39, 0.29) is 41.7 Å². The van der Waals surface area contributed by atoms with Crippen LogP contribution in [0.25, 0.3) is 17.0 Å². The number of aromatic nitrogens is 4. The van der Waals surface area contributed by atoms with Gasteiger partial charge in [0.05, 0.1) is 23.8 Å². The molecule has 3 aromatic rings. The Bertz CT molecular complexity index is 1160. The second-order valence-corrected chi connectivity index (χ2v) is 7.26. The van der Waals surface area contributed by atoms with Crippen molar-refractivity contribution in [1.82, 2.24) is 24.7 Å². The maximum absolute atomic E-state index is 14.5. The van der Waals surface area contributed by atoms with Crippen LogP contribution in [0.2, 0.25) is 0 Å². The molecule has 0 amide bonds. The predicted molar refractivity (Wildman–Crippen MR) is 101 cm³/mol. The van der Waals surface area contributed by atoms with Crippen molar-refractivity contribution in [3.8, 4) is 11.4 Å². The fraction of sp³-hybridized carbons (Fsp3) is 0.368. The van der Waals surface area contributed by atoms with Gasteiger partial charge in [0.15, 0.2) is 11.4 Å². The summed E-state index contributed by atoms with van der Waals surface area (Å²) in [6.45, 7) is 1.32. The van der Waals surface area contributed by atoms with Crippen LogP contribution in [0.1, 0.15) is 18.9 Å². The number of aliphatic imine (C=N–C) groups is 1. The maximum Gasteiger partial charge on any atom is 0.421 e. The minimum Gasteiger partial charge on any atom is -0.376 e. The average Bonchev–Trinajstić information content (AvgIpc) is 3.13. The molecule has 164 valence electrons. The molecule has 1 aliphatic heterocycles. The molecule has 4 rings (SSSR count). The minimum absolute atomic E-state index is 0.0229. The van der Waals surface area contributed by atoms with Crippen molar-refractivity contribution >= 4 is 17.3 Å². The summed E-state index contributed by atoms with van der Waals surface area (Å²) >= 11 is 0. The van der Waals surface area contributed by atoms with Gasteiger partial charge >= 0.3 is 6.18 Å². The Morgan fingerprint density at radius 2 is 2.00 bits per heavy atom. The van der Waals surface area contributed by atoms with Crippen LogP contribution >= 0.6 is 0 Å². The fourth-order valence-corrected chi connectivity index (χ4v) is 3.16. The lowest BCUT2D eigenvalue weighted by molar-refractivity contribution is -0.259. The molecule has 0 unspecified atom stereocenters. The van der Waals surface area contributed by atoms with E-state index < -0.39 is 29.3 Å². The first-order chi connectivity index (χ1) is 14.6. The highest BCUT2D eigenvalue weighted by Crippen LogP contribution is 2.38. The zero-order chi connectivity index (χ0) is 22.4. The summed E-state index contributed by atoms with van der Waals surface area (Å²) in [6.07, 6.45) is -2.88. The number of imidazole rings is 1. The van der Waals surface area contributed by atoms with Crippen LogP contribution in [-0.2, 0) is 5.60 Å². The van der Waals surface area contributed by atoms with Gasteiger partial charge in [-0.05, 0) is 26.0 Å². The lowest BCUT2D eigenvalue weighted by Crippen LogP contribution is -2.39. The number of nitrogens with one attached hydrogen (secondary N) is 1. The average molecular weight is 440 g/mol. The molecule has 1 saturated heterocycles. The summed E-state index contributed by atoms with van der Waals surface area (Å²) in [5, 5.41) is 12.9. The zero-order valence-corrected chi connectivity index (χ0v) is 16.2. The van der Waals surface area contributed by atoms with Crippen LogP contribution in [0.3, 0.4) is 0 Å². The second-order valence-electron chi connectivity index (χ2n) is 7.26. The monoisotopic (exact) mass is 440 g/mol. The molecule has 0 saturated carbocycles. The van der Waals surface area contributed by atoms with Crippen LogP contribution < -0.4 is 5.32 Å². The van der Waals surface area contributed by atoms with Crippen molar-refractivity contribution < 1.29 is 27.1 Å². The highest BCUT2D eigenvalue weighted by molar-refractivity contribution is 5.92. The van der Waals surface area contributed by atoms with Gasteiger partial charge in [-0.15, -0.1) is 0 Å². The van der Waals surface area contributed by atoms with Crippen molar-refractivity contribution in [3.05, 3.63) is 42.1 Å². The maximum atomic E-state index is 14.5. The molecule has 1 fully saturated rings. The van der Waals surface area contributed by atoms with Gasteiger partial charge in [-0.25, -0.2) is 28.7 Å². The lowest BCUT2D eigenvalue weighted by atomic mass is 9.97. The number of hydrogen-bond acceptors (Lipinski definition) is 6. The Labute approximate surface area is 172 Å². The molecule has 2 atom stereocenters. The third-order valence-corrected chi connectivity index (χ3v) is 5.08. The Morgan fingerprint density at radius 3 is 2.71 bits per heavy atom. The Hall–Kier alpha value is -2.99. The molecule has 0 aromatic carbocycles. The van der Waals surface area contributed by atoms with Gasteiger partial charge in [0.1, 0.15) is 17.5 Å². The molecule has 0 aliphatic carbocycles. The van der Waals surface area contributed by atoms with Crippen molar-refractivity contribution in [1.29, 1.82) is 0 Å². The van der Waals surface area contributed by atoms with Gasteiger partial charge in [-0.3, -0.25) is 4.40 Å². The van der Waals surface area contributed by atoms with E-state index in [9.17, 15) is 27.1 Å². The zero-order valence-electron chi connectivity index (χ0n) is 16.2. The molecule has 0 bridgehead atoms. The SMILES string of the molecule is C[C@@](O)(c1ccc2ncc(-c3nc(/N=C4/CNCC[C@@H]4F)ncc3F)n2c1)C(F)(F)F. The third kappa shape index (κ3) is 3.88. The number of aliphatic hydroxyl groups is 1. The first kappa shape index (κ1) is 21.2. The molecule has 4 heterocycles. The standard InChI is InChI=1S/C19H17F5N6O/c1-18(31,19(22,23)24)10-2-3-15-26-8-14(30(15)9-10)16-12(21)6-27-17(29-16)28-13-7-25-5-4-11(13)20/h2-3,6,8-9,11,25,31H,4-5,7H2,1H3/b28-13-/t11-,18+/m0/s1. The van der Waals surface area contributed by atoms with Crippen molar-refractivity contribution in [2.45, 2.75) is 31.3 Å². The fourth-order valence-electron chi connectivity index (χ4n) is 3.16. The van der Waals surface area contributed by atoms with Crippen LogP contribution in [0, 0.1) is 5.82 Å². The third-order valence-electron chi connectivity index (χ3n) is 5.08. The number of rotatable bonds is 3. The quantitative estimate of drug-likeness (QED) is 0.612. The molecular formula is C19H17F5N6O. The smallest absolute Gasteiger partial charge is 0.376 e. The Morgan fingerprint density at radius 1 is 1.23 bits per heavy atom. The number of nitrogens with zero attached hydrogens (tertiary/aromatic N) is 5. The number of piperidine rings is 1. The molecule has 2 N–H and O–H groups in total. The molecule has 0 spiro atoms. The molecular weight excluding hydrogens is 423 g/mol. The van der Waals surface area contributed by atoms with Crippen molar-refractivity contribution in [3.63, 3.8) is 0 Å². The van der Waals surface area contributed by atoms with Crippen LogP contribution in [0.5, 0.6) is 0 Å². The number of hydrogen-bond donors (Lipinski definition) is 2. The number of alkyl halides is 4. The van der Waals surface area contributed by atoms with E-state index in [2.05, 4.69) is 25.3 Å². The molecule has 12 heteroatoms. The molecule has 3 aromatic heterocycles. The molecule has 0 radical (unpaired) electrons. The van der Waals surface area contributed by atoms with Crippen LogP contribution in [-0.4, -0.2) is 55.6 Å². The van der Waals surface area contributed by atoms with Crippen LogP contribution in [0.15, 0.2) is 35.7 Å². The first-order valence-electron chi connectivity index (χ1n) is 9.30. The highest BCUT2D eigenvalue weighted by atomic mass is 19.4. The Balaban J connectivity index is 1.80. The van der Waals surface area contributed by atoms with E-state index in [1.54, 1.807) is 0 Å². The van der Waals surface area contributed by atoms with Gasteiger partial charge in [0.25, 0.3) is 0 Å². The predicted octanol–water partition coefficient (Wildman–Crippen LogP) is 3.10. The van der Waals surface area contributed by atoms with Crippen LogP contribution in [0.4, 0.5) is 27.9 Å². The van der Waals surface area contributed by atoms with Gasteiger partial charge in [-0.1, -0.05) is 6.07 Å². The lowest BCUT2D eigenvalue weighted by Gasteiger charge is -2.26. The number of halogens is 5. The summed E-state index contributed by atoms with van der Waals surface area (Å²) < 4.78 is 69.4. The van der Waals surface area contributed by atoms with E-state index in [1.807, 2.05) is 0 Å². The van der Waals surface area contributed by atoms with Gasteiger partial charge < -0.3 is 10.4 Å². The van der Waals surface area contributed by atoms with Gasteiger partial charge in [0, 0.05) is 18.3 Å². The summed E-state index contributed by atoms with van der Waals surface area (Å²) in [5.41, 5.74) is -3.46. The molecule has 1 aliphatic rings. The van der Waals surface area contributed by atoms with E-state index in [0.717, 1.165) is 18.5 Å². The summed E-state index contributed by atoms with van der Waals surface area (Å²) in [7, 11) is 0. The molecule has 7 nitrogen and oxygen atoms in total. The van der Waals surface area contributed by atoms with E-state index in [1.165, 1.54) is 16.7 Å². The number of fused-ring (bicyclic) bond motifs is 1. The van der Waals surface area contributed by atoms with Crippen molar-refractivity contribution in [2.24, 2.45) is 4.99 Å². The summed E-state index contributed by atoms with van der Waals surface area (Å²) in [4.78, 5) is 15.9. The first-order valence-corrected chi connectivity index (χ1v) is 9.30. The summed E-state index contributed by atoms with van der Waals surface area (Å²) in [6, 6.07) is 2.35. The summed E-state index contributed by atoms with van der Waals surface area (Å²) in [5.74, 6) is -1.05. The van der Waals surface area contributed by atoms with Gasteiger partial charge in [0.2, 0.25) is 5.95 Å². The minimum atomic E-state index is -4.93. The van der Waals surface area contributed by atoms with E-state index >= 15 is 0 Å². The Kier molecular flexibility index (Phi) is 5.21. The topological polar surface area (TPSA) is 87.7 Å². The number of pyridine rings is 1. The molecule has 31 heavy (non-hydrogen) atoms. The van der Waals surface area contributed by atoms with E-state index in [4.69, 9.17) is 0 Å². The normalized spacial score (nSPS) is 20.9.